The fourth-order valence-corrected chi connectivity index (χ4v) is 1.99. The number of amides is 1. The van der Waals surface area contributed by atoms with Gasteiger partial charge in [-0.2, -0.15) is 5.10 Å². The second-order valence-corrected chi connectivity index (χ2v) is 4.49. The van der Waals surface area contributed by atoms with Crippen LogP contribution in [0.15, 0.2) is 12.1 Å². The molecule has 2 rings (SSSR count). The van der Waals surface area contributed by atoms with Crippen molar-refractivity contribution in [2.45, 2.75) is 20.3 Å². The Hall–Kier alpha value is -2.77. The van der Waals surface area contributed by atoms with Crippen LogP contribution in [0.2, 0.25) is 0 Å². The van der Waals surface area contributed by atoms with E-state index < -0.39 is 5.97 Å². The number of aromatic nitrogens is 4. The molecule has 2 aromatic heterocycles. The van der Waals surface area contributed by atoms with E-state index in [0.29, 0.717) is 22.8 Å². The van der Waals surface area contributed by atoms with E-state index in [4.69, 9.17) is 5.11 Å². The van der Waals surface area contributed by atoms with Crippen LogP contribution in [0.1, 0.15) is 27.4 Å². The molecular weight excluding hydrogens is 274 g/mol. The van der Waals surface area contributed by atoms with E-state index in [1.807, 2.05) is 0 Å². The average Bonchev–Trinajstić information content (AvgIpc) is 2.74. The van der Waals surface area contributed by atoms with Gasteiger partial charge in [0.25, 0.3) is 5.91 Å². The lowest BCUT2D eigenvalue weighted by molar-refractivity contribution is -0.136. The van der Waals surface area contributed by atoms with Crippen molar-refractivity contribution >= 4 is 11.9 Å². The van der Waals surface area contributed by atoms with Crippen LogP contribution in [0.25, 0.3) is 5.82 Å². The van der Waals surface area contributed by atoms with Crippen molar-refractivity contribution in [3.05, 3.63) is 34.8 Å². The van der Waals surface area contributed by atoms with Gasteiger partial charge in [0.05, 0.1) is 12.1 Å². The summed E-state index contributed by atoms with van der Waals surface area (Å²) in [6.45, 7) is 3.51. The van der Waals surface area contributed by atoms with Crippen molar-refractivity contribution in [3.63, 3.8) is 0 Å². The van der Waals surface area contributed by atoms with Gasteiger partial charge in [-0.1, -0.05) is 0 Å². The number of hydrogen-bond acceptors (Lipinski definition) is 5. The molecule has 21 heavy (non-hydrogen) atoms. The van der Waals surface area contributed by atoms with Gasteiger partial charge in [-0.3, -0.25) is 9.59 Å². The Morgan fingerprint density at radius 3 is 2.52 bits per heavy atom. The Labute approximate surface area is 120 Å². The number of carboxylic acid groups (broad SMARTS) is 1. The van der Waals surface area contributed by atoms with E-state index in [-0.39, 0.29) is 18.0 Å². The van der Waals surface area contributed by atoms with Gasteiger partial charge < -0.3 is 10.4 Å². The minimum atomic E-state index is -0.915. The van der Waals surface area contributed by atoms with Crippen molar-refractivity contribution in [3.8, 4) is 5.82 Å². The van der Waals surface area contributed by atoms with Crippen LogP contribution in [-0.2, 0) is 11.2 Å². The SMILES string of the molecule is CNC(=O)c1ccc(-n2nc(C)c(CC(=O)O)c2C)nn1. The van der Waals surface area contributed by atoms with Gasteiger partial charge in [0.1, 0.15) is 0 Å². The van der Waals surface area contributed by atoms with E-state index in [0.717, 1.165) is 0 Å². The molecule has 110 valence electrons. The molecule has 0 aromatic carbocycles. The lowest BCUT2D eigenvalue weighted by atomic mass is 10.1. The zero-order valence-corrected chi connectivity index (χ0v) is 11.9. The number of aryl methyl sites for hydroxylation is 1. The molecular formula is C13H15N5O3. The number of carbonyl (C=O) groups is 2. The molecule has 0 saturated carbocycles. The van der Waals surface area contributed by atoms with Crippen LogP contribution >= 0.6 is 0 Å². The van der Waals surface area contributed by atoms with Crippen LogP contribution in [0.3, 0.4) is 0 Å². The molecule has 8 nitrogen and oxygen atoms in total. The maximum atomic E-state index is 11.4. The van der Waals surface area contributed by atoms with Crippen molar-refractivity contribution in [2.75, 3.05) is 7.05 Å². The van der Waals surface area contributed by atoms with Crippen molar-refractivity contribution < 1.29 is 14.7 Å². The summed E-state index contributed by atoms with van der Waals surface area (Å²) in [5, 5.41) is 23.4. The fourth-order valence-electron chi connectivity index (χ4n) is 1.99. The molecule has 8 heteroatoms. The first-order chi connectivity index (χ1) is 9.93. The second-order valence-electron chi connectivity index (χ2n) is 4.49. The summed E-state index contributed by atoms with van der Waals surface area (Å²) in [5.74, 6) is -0.810. The highest BCUT2D eigenvalue weighted by molar-refractivity contribution is 5.91. The molecule has 0 aliphatic heterocycles. The monoisotopic (exact) mass is 289 g/mol. The van der Waals surface area contributed by atoms with Gasteiger partial charge in [0, 0.05) is 18.3 Å². The highest BCUT2D eigenvalue weighted by Crippen LogP contribution is 2.17. The predicted octanol–water partition coefficient (Wildman–Crippen LogP) is 0.266. The Kier molecular flexibility index (Phi) is 3.97. The molecule has 0 unspecified atom stereocenters. The molecule has 0 atom stereocenters. The van der Waals surface area contributed by atoms with Gasteiger partial charge >= 0.3 is 5.97 Å². The first kappa shape index (κ1) is 14.6. The third-order valence-corrected chi connectivity index (χ3v) is 3.10. The first-order valence-corrected chi connectivity index (χ1v) is 6.27. The summed E-state index contributed by atoms with van der Waals surface area (Å²) in [5.41, 5.74) is 2.18. The van der Waals surface area contributed by atoms with E-state index in [1.165, 1.54) is 17.8 Å². The summed E-state index contributed by atoms with van der Waals surface area (Å²) < 4.78 is 1.52. The maximum absolute atomic E-state index is 11.4. The van der Waals surface area contributed by atoms with Gasteiger partial charge in [-0.15, -0.1) is 10.2 Å². The maximum Gasteiger partial charge on any atom is 0.307 e. The Morgan fingerprint density at radius 1 is 1.29 bits per heavy atom. The van der Waals surface area contributed by atoms with Crippen LogP contribution in [0.4, 0.5) is 0 Å². The zero-order chi connectivity index (χ0) is 15.6. The molecule has 0 bridgehead atoms. The highest BCUT2D eigenvalue weighted by Gasteiger charge is 2.16. The molecule has 0 radical (unpaired) electrons. The predicted molar refractivity (Wildman–Crippen MR) is 73.4 cm³/mol. The van der Waals surface area contributed by atoms with Crippen LogP contribution in [0.5, 0.6) is 0 Å². The van der Waals surface area contributed by atoms with Gasteiger partial charge in [0.2, 0.25) is 0 Å². The lowest BCUT2D eigenvalue weighted by Gasteiger charge is -2.04. The first-order valence-electron chi connectivity index (χ1n) is 6.27. The number of nitrogens with zero attached hydrogens (tertiary/aromatic N) is 4. The van der Waals surface area contributed by atoms with Crippen LogP contribution in [0, 0.1) is 13.8 Å². The molecule has 1 amide bonds. The van der Waals surface area contributed by atoms with Crippen molar-refractivity contribution in [2.24, 2.45) is 0 Å². The zero-order valence-electron chi connectivity index (χ0n) is 11.9. The molecule has 0 saturated heterocycles. The molecule has 0 aliphatic carbocycles. The summed E-state index contributed by atoms with van der Waals surface area (Å²) >= 11 is 0. The molecule has 2 N–H and O–H groups in total. The molecule has 2 aromatic rings. The standard InChI is InChI=1S/C13H15N5O3/c1-7-9(6-12(19)20)8(2)18(17-7)11-5-4-10(15-16-11)13(21)14-3/h4-5H,6H2,1-3H3,(H,14,21)(H,19,20). The smallest absolute Gasteiger partial charge is 0.307 e. The highest BCUT2D eigenvalue weighted by atomic mass is 16.4. The van der Waals surface area contributed by atoms with E-state index in [2.05, 4.69) is 20.6 Å². The van der Waals surface area contributed by atoms with E-state index >= 15 is 0 Å². The number of carbonyl (C=O) groups excluding carboxylic acids is 1. The molecule has 0 aliphatic rings. The largest absolute Gasteiger partial charge is 0.481 e. The number of carboxylic acids is 1. The molecule has 0 fully saturated rings. The van der Waals surface area contributed by atoms with Gasteiger partial charge in [-0.25, -0.2) is 4.68 Å². The summed E-state index contributed by atoms with van der Waals surface area (Å²) in [6, 6.07) is 3.15. The Bertz CT molecular complexity index is 691. The van der Waals surface area contributed by atoms with Gasteiger partial charge in [0.15, 0.2) is 11.5 Å². The normalized spacial score (nSPS) is 10.4. The number of hydrogen-bond donors (Lipinski definition) is 2. The number of nitrogens with one attached hydrogen (secondary N) is 1. The fraction of sp³-hybridized carbons (Fsp3) is 0.308. The topological polar surface area (TPSA) is 110 Å². The van der Waals surface area contributed by atoms with Crippen molar-refractivity contribution in [1.29, 1.82) is 0 Å². The Balaban J connectivity index is 2.38. The summed E-state index contributed by atoms with van der Waals surface area (Å²) in [6.07, 6.45) is -0.0958. The minimum absolute atomic E-state index is 0.0958. The van der Waals surface area contributed by atoms with Crippen LogP contribution < -0.4 is 5.32 Å². The minimum Gasteiger partial charge on any atom is -0.481 e. The number of aliphatic carboxylic acids is 1. The second kappa shape index (κ2) is 5.70. The van der Waals surface area contributed by atoms with Gasteiger partial charge in [-0.05, 0) is 26.0 Å². The van der Waals surface area contributed by atoms with Crippen LogP contribution in [-0.4, -0.2) is 44.0 Å². The quantitative estimate of drug-likeness (QED) is 0.835. The van der Waals surface area contributed by atoms with Crippen molar-refractivity contribution in [1.82, 2.24) is 25.3 Å². The molecule has 2 heterocycles. The Morgan fingerprint density at radius 2 is 2.00 bits per heavy atom. The lowest BCUT2D eigenvalue weighted by Crippen LogP contribution is -2.20. The third kappa shape index (κ3) is 2.88. The third-order valence-electron chi connectivity index (χ3n) is 3.10. The summed E-state index contributed by atoms with van der Waals surface area (Å²) in [7, 11) is 1.51. The summed E-state index contributed by atoms with van der Waals surface area (Å²) in [4.78, 5) is 22.3. The van der Waals surface area contributed by atoms with E-state index in [1.54, 1.807) is 19.9 Å². The average molecular weight is 289 g/mol. The molecule has 0 spiro atoms. The number of rotatable bonds is 4. The van der Waals surface area contributed by atoms with E-state index in [9.17, 15) is 9.59 Å².